The average Bonchev–Trinajstić information content (AvgIpc) is 3.00. The number of benzene rings is 1. The van der Waals surface area contributed by atoms with Gasteiger partial charge in [0.2, 0.25) is 0 Å². The van der Waals surface area contributed by atoms with E-state index in [1.165, 1.54) is 36.9 Å². The van der Waals surface area contributed by atoms with E-state index in [1.807, 2.05) is 0 Å². The maximum atomic E-state index is 9.53. The second-order valence-electron chi connectivity index (χ2n) is 6.61. The molecule has 3 atom stereocenters. The molecule has 2 aliphatic carbocycles. The molecule has 0 spiro atoms. The van der Waals surface area contributed by atoms with Crippen molar-refractivity contribution in [2.45, 2.75) is 39.2 Å². The standard InChI is InChI=1S/C17H25NO/c1-12-3-6-17(16(7-12)11-19)18(2)10-15-9-13-4-5-14(15)8-13/h3,6-7,13-15,19H,4-5,8-11H2,1-2H3. The van der Waals surface area contributed by atoms with Crippen molar-refractivity contribution in [3.05, 3.63) is 29.3 Å². The normalized spacial score (nSPS) is 28.9. The highest BCUT2D eigenvalue weighted by Crippen LogP contribution is 2.48. The van der Waals surface area contributed by atoms with Gasteiger partial charge in [-0.15, -0.1) is 0 Å². The maximum Gasteiger partial charge on any atom is 0.0702 e. The van der Waals surface area contributed by atoms with Crippen LogP contribution in [0.2, 0.25) is 0 Å². The Kier molecular flexibility index (Phi) is 3.53. The van der Waals surface area contributed by atoms with Crippen molar-refractivity contribution in [1.82, 2.24) is 0 Å². The lowest BCUT2D eigenvalue weighted by Crippen LogP contribution is -2.29. The lowest BCUT2D eigenvalue weighted by atomic mass is 9.88. The van der Waals surface area contributed by atoms with Crippen molar-refractivity contribution in [2.24, 2.45) is 17.8 Å². The summed E-state index contributed by atoms with van der Waals surface area (Å²) in [5, 5.41) is 9.53. The lowest BCUT2D eigenvalue weighted by Gasteiger charge is -2.29. The average molecular weight is 259 g/mol. The number of hydrogen-bond donors (Lipinski definition) is 1. The van der Waals surface area contributed by atoms with Gasteiger partial charge in [0, 0.05) is 24.8 Å². The van der Waals surface area contributed by atoms with Crippen molar-refractivity contribution in [3.63, 3.8) is 0 Å². The summed E-state index contributed by atoms with van der Waals surface area (Å²) in [7, 11) is 2.18. The number of nitrogens with zero attached hydrogens (tertiary/aromatic N) is 1. The molecule has 0 amide bonds. The van der Waals surface area contributed by atoms with Crippen LogP contribution in [0.25, 0.3) is 0 Å². The predicted octanol–water partition coefficient (Wildman–Crippen LogP) is 3.36. The Morgan fingerprint density at radius 3 is 2.74 bits per heavy atom. The van der Waals surface area contributed by atoms with Crippen LogP contribution >= 0.6 is 0 Å². The molecule has 2 bridgehead atoms. The highest BCUT2D eigenvalue weighted by atomic mass is 16.3. The number of aliphatic hydroxyl groups is 1. The summed E-state index contributed by atoms with van der Waals surface area (Å²) in [5.41, 5.74) is 3.49. The molecule has 1 N–H and O–H groups in total. The molecule has 3 rings (SSSR count). The molecule has 2 saturated carbocycles. The van der Waals surface area contributed by atoms with Gasteiger partial charge >= 0.3 is 0 Å². The second-order valence-corrected chi connectivity index (χ2v) is 6.61. The molecule has 2 fully saturated rings. The van der Waals surface area contributed by atoms with Gasteiger partial charge in [0.1, 0.15) is 0 Å². The minimum Gasteiger partial charge on any atom is -0.392 e. The van der Waals surface area contributed by atoms with E-state index in [0.29, 0.717) is 0 Å². The van der Waals surface area contributed by atoms with E-state index in [4.69, 9.17) is 0 Å². The van der Waals surface area contributed by atoms with Crippen LogP contribution < -0.4 is 4.90 Å². The van der Waals surface area contributed by atoms with Crippen LogP contribution in [0, 0.1) is 24.7 Å². The first-order chi connectivity index (χ1) is 9.17. The number of anilines is 1. The molecular formula is C17H25NO. The molecule has 0 heterocycles. The molecule has 104 valence electrons. The molecule has 2 heteroatoms. The van der Waals surface area contributed by atoms with Crippen molar-refractivity contribution >= 4 is 5.69 Å². The highest BCUT2D eigenvalue weighted by molar-refractivity contribution is 5.54. The Hall–Kier alpha value is -1.02. The van der Waals surface area contributed by atoms with Gasteiger partial charge in [-0.2, -0.15) is 0 Å². The molecule has 2 nitrogen and oxygen atoms in total. The molecule has 0 aliphatic heterocycles. The summed E-state index contributed by atoms with van der Waals surface area (Å²) in [6.45, 7) is 3.37. The van der Waals surface area contributed by atoms with Gasteiger partial charge in [-0.25, -0.2) is 0 Å². The molecular weight excluding hydrogens is 234 g/mol. The van der Waals surface area contributed by atoms with Crippen molar-refractivity contribution < 1.29 is 5.11 Å². The van der Waals surface area contributed by atoms with Gasteiger partial charge in [-0.3, -0.25) is 0 Å². The molecule has 3 unspecified atom stereocenters. The fraction of sp³-hybridized carbons (Fsp3) is 0.647. The monoisotopic (exact) mass is 259 g/mol. The van der Waals surface area contributed by atoms with Gasteiger partial charge < -0.3 is 10.0 Å². The number of rotatable bonds is 4. The Bertz CT molecular complexity index is 457. The van der Waals surface area contributed by atoms with Crippen LogP contribution in [0.5, 0.6) is 0 Å². The van der Waals surface area contributed by atoms with E-state index in [9.17, 15) is 5.11 Å². The first kappa shape index (κ1) is 13.0. The number of hydrogen-bond acceptors (Lipinski definition) is 2. The SMILES string of the molecule is Cc1ccc(N(C)CC2CC3CCC2C3)c(CO)c1. The smallest absolute Gasteiger partial charge is 0.0702 e. The van der Waals surface area contributed by atoms with Gasteiger partial charge in [-0.05, 0) is 50.0 Å². The number of aliphatic hydroxyl groups excluding tert-OH is 1. The fourth-order valence-electron chi connectivity index (χ4n) is 4.26. The first-order valence-corrected chi connectivity index (χ1v) is 7.59. The summed E-state index contributed by atoms with van der Waals surface area (Å²) in [4.78, 5) is 2.36. The topological polar surface area (TPSA) is 23.5 Å². The first-order valence-electron chi connectivity index (χ1n) is 7.59. The molecule has 19 heavy (non-hydrogen) atoms. The number of aryl methyl sites for hydroxylation is 1. The molecule has 1 aromatic rings. The van der Waals surface area contributed by atoms with E-state index >= 15 is 0 Å². The third-order valence-electron chi connectivity index (χ3n) is 5.21. The Morgan fingerprint density at radius 2 is 2.11 bits per heavy atom. The summed E-state index contributed by atoms with van der Waals surface area (Å²) >= 11 is 0. The van der Waals surface area contributed by atoms with Gasteiger partial charge in [0.15, 0.2) is 0 Å². The molecule has 2 aliphatic rings. The third kappa shape index (κ3) is 2.51. The van der Waals surface area contributed by atoms with Gasteiger partial charge in [0.05, 0.1) is 6.61 Å². The zero-order chi connectivity index (χ0) is 13.4. The van der Waals surface area contributed by atoms with E-state index in [-0.39, 0.29) is 6.61 Å². The Morgan fingerprint density at radius 1 is 1.26 bits per heavy atom. The maximum absolute atomic E-state index is 9.53. The van der Waals surface area contributed by atoms with Crippen molar-refractivity contribution in [2.75, 3.05) is 18.5 Å². The highest BCUT2D eigenvalue weighted by Gasteiger charge is 2.39. The zero-order valence-electron chi connectivity index (χ0n) is 12.1. The predicted molar refractivity (Wildman–Crippen MR) is 79.3 cm³/mol. The summed E-state index contributed by atoms with van der Waals surface area (Å²) in [6.07, 6.45) is 5.82. The minimum absolute atomic E-state index is 0.137. The second kappa shape index (κ2) is 5.16. The molecule has 0 aromatic heterocycles. The van der Waals surface area contributed by atoms with E-state index < -0.39 is 0 Å². The van der Waals surface area contributed by atoms with Crippen LogP contribution in [0.3, 0.4) is 0 Å². The quantitative estimate of drug-likeness (QED) is 0.896. The minimum atomic E-state index is 0.137. The van der Waals surface area contributed by atoms with Crippen molar-refractivity contribution in [1.29, 1.82) is 0 Å². The van der Waals surface area contributed by atoms with E-state index in [2.05, 4.69) is 37.1 Å². The van der Waals surface area contributed by atoms with Crippen LogP contribution in [-0.4, -0.2) is 18.7 Å². The fourth-order valence-corrected chi connectivity index (χ4v) is 4.26. The Labute approximate surface area is 116 Å². The van der Waals surface area contributed by atoms with Crippen molar-refractivity contribution in [3.8, 4) is 0 Å². The third-order valence-corrected chi connectivity index (χ3v) is 5.21. The summed E-state index contributed by atoms with van der Waals surface area (Å²) < 4.78 is 0. The van der Waals surface area contributed by atoms with Crippen LogP contribution in [-0.2, 0) is 6.61 Å². The zero-order valence-corrected chi connectivity index (χ0v) is 12.1. The van der Waals surface area contributed by atoms with E-state index in [1.54, 1.807) is 0 Å². The van der Waals surface area contributed by atoms with Crippen LogP contribution in [0.4, 0.5) is 5.69 Å². The van der Waals surface area contributed by atoms with E-state index in [0.717, 1.165) is 29.9 Å². The molecule has 0 radical (unpaired) electrons. The number of fused-ring (bicyclic) bond motifs is 2. The summed E-state index contributed by atoms with van der Waals surface area (Å²) in [6, 6.07) is 6.41. The lowest BCUT2D eigenvalue weighted by molar-refractivity contribution is 0.281. The summed E-state index contributed by atoms with van der Waals surface area (Å²) in [5.74, 6) is 2.85. The van der Waals surface area contributed by atoms with Crippen LogP contribution in [0.15, 0.2) is 18.2 Å². The molecule has 0 saturated heterocycles. The largest absolute Gasteiger partial charge is 0.392 e. The van der Waals surface area contributed by atoms with Crippen LogP contribution in [0.1, 0.15) is 36.8 Å². The van der Waals surface area contributed by atoms with Gasteiger partial charge in [-0.1, -0.05) is 24.1 Å². The molecule has 1 aromatic carbocycles. The Balaban J connectivity index is 1.71. The van der Waals surface area contributed by atoms with Gasteiger partial charge in [0.25, 0.3) is 0 Å².